The van der Waals surface area contributed by atoms with Gasteiger partial charge in [0.2, 0.25) is 5.91 Å². The Labute approximate surface area is 105 Å². The molecule has 0 aromatic heterocycles. The Hall–Kier alpha value is -1.50. The Morgan fingerprint density at radius 1 is 1.39 bits per heavy atom. The van der Waals surface area contributed by atoms with Gasteiger partial charge in [0.05, 0.1) is 11.4 Å². The average Bonchev–Trinajstić information content (AvgIpc) is 2.32. The topological polar surface area (TPSA) is 58.2 Å². The minimum Gasteiger partial charge on any atom is -0.369 e. The Bertz CT molecular complexity index is 522. The molecule has 4 nitrogen and oxygen atoms in total. The second-order valence-corrected chi connectivity index (χ2v) is 5.59. The van der Waals surface area contributed by atoms with E-state index < -0.39 is 28.5 Å². The van der Waals surface area contributed by atoms with E-state index in [2.05, 4.69) is 10.6 Å². The van der Waals surface area contributed by atoms with Gasteiger partial charge < -0.3 is 10.6 Å². The molecule has 0 bridgehead atoms. The zero-order valence-corrected chi connectivity index (χ0v) is 10.4. The van der Waals surface area contributed by atoms with Crippen molar-refractivity contribution in [3.63, 3.8) is 0 Å². The van der Waals surface area contributed by atoms with Crippen LogP contribution in [0.2, 0.25) is 0 Å². The van der Waals surface area contributed by atoms with Gasteiger partial charge in [0.25, 0.3) is 0 Å². The number of hydrogen-bond acceptors (Lipinski definition) is 3. The van der Waals surface area contributed by atoms with Gasteiger partial charge in [-0.15, -0.1) is 0 Å². The molecule has 2 atom stereocenters. The van der Waals surface area contributed by atoms with E-state index in [1.165, 1.54) is 12.3 Å². The number of nitrogens with one attached hydrogen (secondary N) is 2. The monoisotopic (exact) mass is 274 g/mol. The predicted octanol–water partition coefficient (Wildman–Crippen LogP) is 1.47. The fourth-order valence-corrected chi connectivity index (χ4v) is 2.31. The van der Waals surface area contributed by atoms with E-state index in [9.17, 15) is 17.8 Å². The van der Waals surface area contributed by atoms with Gasteiger partial charge in [0.1, 0.15) is 6.04 Å². The third-order valence-electron chi connectivity index (χ3n) is 2.68. The van der Waals surface area contributed by atoms with Crippen molar-refractivity contribution in [3.8, 4) is 0 Å². The molecule has 1 aromatic rings. The van der Waals surface area contributed by atoms with Crippen LogP contribution in [0.5, 0.6) is 0 Å². The van der Waals surface area contributed by atoms with Crippen molar-refractivity contribution in [3.05, 3.63) is 23.8 Å². The lowest BCUT2D eigenvalue weighted by Crippen LogP contribution is -2.40. The van der Waals surface area contributed by atoms with E-state index in [0.29, 0.717) is 12.2 Å². The molecule has 2 rings (SSSR count). The van der Waals surface area contributed by atoms with Crippen molar-refractivity contribution in [1.29, 1.82) is 0 Å². The summed E-state index contributed by atoms with van der Waals surface area (Å²) in [5.74, 6) is -2.01. The number of anilines is 2. The smallest absolute Gasteiger partial charge is 0.246 e. The SMILES string of the molecule is CS(=O)CCC1Nc2c(ccc(F)c2F)NC1=O. The maximum absolute atomic E-state index is 13.5. The third-order valence-corrected chi connectivity index (χ3v) is 3.49. The standard InChI is InChI=1S/C11H12F2N2O2S/c1-18(17)5-4-8-11(16)15-7-3-2-6(12)9(13)10(7)14-8/h2-3,8,14H,4-5H2,1H3,(H,15,16). The summed E-state index contributed by atoms with van der Waals surface area (Å²) in [5, 5.41) is 5.14. The quantitative estimate of drug-likeness (QED) is 0.877. The lowest BCUT2D eigenvalue weighted by Gasteiger charge is -2.26. The lowest BCUT2D eigenvalue weighted by atomic mass is 10.1. The summed E-state index contributed by atoms with van der Waals surface area (Å²) >= 11 is 0. The fourth-order valence-electron chi connectivity index (χ4n) is 1.74. The van der Waals surface area contributed by atoms with Crippen LogP contribution in [0.25, 0.3) is 0 Å². The van der Waals surface area contributed by atoms with E-state index in [0.717, 1.165) is 6.07 Å². The van der Waals surface area contributed by atoms with E-state index in [-0.39, 0.29) is 17.3 Å². The number of carbonyl (C=O) groups is 1. The highest BCUT2D eigenvalue weighted by molar-refractivity contribution is 7.84. The number of rotatable bonds is 3. The molecule has 2 unspecified atom stereocenters. The molecule has 1 aliphatic rings. The van der Waals surface area contributed by atoms with Crippen molar-refractivity contribution in [2.75, 3.05) is 22.6 Å². The summed E-state index contributed by atoms with van der Waals surface area (Å²) in [5.41, 5.74) is 0.161. The summed E-state index contributed by atoms with van der Waals surface area (Å²) in [7, 11) is -1.04. The molecule has 1 aromatic carbocycles. The van der Waals surface area contributed by atoms with Gasteiger partial charge >= 0.3 is 0 Å². The molecule has 0 saturated carbocycles. The van der Waals surface area contributed by atoms with Crippen LogP contribution in [0.4, 0.5) is 20.2 Å². The van der Waals surface area contributed by atoms with Gasteiger partial charge in [-0.25, -0.2) is 8.78 Å². The maximum atomic E-state index is 13.5. The van der Waals surface area contributed by atoms with E-state index in [1.54, 1.807) is 0 Å². The molecule has 2 N–H and O–H groups in total. The van der Waals surface area contributed by atoms with Crippen molar-refractivity contribution in [1.82, 2.24) is 0 Å². The normalized spacial score (nSPS) is 19.7. The van der Waals surface area contributed by atoms with Gasteiger partial charge in [-0.05, 0) is 18.6 Å². The fraction of sp³-hybridized carbons (Fsp3) is 0.364. The van der Waals surface area contributed by atoms with Gasteiger partial charge in [-0.2, -0.15) is 0 Å². The first-order valence-electron chi connectivity index (χ1n) is 5.34. The van der Waals surface area contributed by atoms with Crippen LogP contribution in [0, 0.1) is 11.6 Å². The molecule has 98 valence electrons. The predicted molar refractivity (Wildman–Crippen MR) is 65.9 cm³/mol. The highest BCUT2D eigenvalue weighted by Gasteiger charge is 2.28. The summed E-state index contributed by atoms with van der Waals surface area (Å²) in [6, 6.07) is 1.56. The Balaban J connectivity index is 2.23. The van der Waals surface area contributed by atoms with Crippen LogP contribution in [-0.4, -0.2) is 28.2 Å². The maximum Gasteiger partial charge on any atom is 0.246 e. The molecular formula is C11H12F2N2O2S. The number of fused-ring (bicyclic) bond motifs is 1. The minimum absolute atomic E-state index is 0.0542. The van der Waals surface area contributed by atoms with Gasteiger partial charge in [-0.3, -0.25) is 9.00 Å². The van der Waals surface area contributed by atoms with Gasteiger partial charge in [-0.1, -0.05) is 0 Å². The van der Waals surface area contributed by atoms with E-state index in [4.69, 9.17) is 0 Å². The zero-order valence-electron chi connectivity index (χ0n) is 9.63. The first-order chi connectivity index (χ1) is 8.49. The molecular weight excluding hydrogens is 262 g/mol. The summed E-state index contributed by atoms with van der Waals surface area (Å²) in [6.45, 7) is 0. The number of hydrogen-bond donors (Lipinski definition) is 2. The molecule has 1 heterocycles. The third kappa shape index (κ3) is 2.50. The summed E-state index contributed by atoms with van der Waals surface area (Å²) in [6.07, 6.45) is 1.82. The zero-order chi connectivity index (χ0) is 13.3. The highest BCUT2D eigenvalue weighted by atomic mass is 32.2. The molecule has 1 amide bonds. The van der Waals surface area contributed by atoms with Crippen molar-refractivity contribution < 1.29 is 17.8 Å². The number of benzene rings is 1. The second-order valence-electron chi connectivity index (χ2n) is 4.04. The first kappa shape index (κ1) is 12.9. The van der Waals surface area contributed by atoms with Crippen LogP contribution < -0.4 is 10.6 Å². The van der Waals surface area contributed by atoms with Crippen LogP contribution in [-0.2, 0) is 15.6 Å². The van der Waals surface area contributed by atoms with Crippen molar-refractivity contribution in [2.45, 2.75) is 12.5 Å². The van der Waals surface area contributed by atoms with Gasteiger partial charge in [0, 0.05) is 22.8 Å². The van der Waals surface area contributed by atoms with Crippen molar-refractivity contribution in [2.24, 2.45) is 0 Å². The van der Waals surface area contributed by atoms with Crippen LogP contribution in [0.1, 0.15) is 6.42 Å². The molecule has 0 saturated heterocycles. The Morgan fingerprint density at radius 2 is 2.11 bits per heavy atom. The van der Waals surface area contributed by atoms with Gasteiger partial charge in [0.15, 0.2) is 11.6 Å². The Morgan fingerprint density at radius 3 is 2.78 bits per heavy atom. The molecule has 18 heavy (non-hydrogen) atoms. The number of amides is 1. The van der Waals surface area contributed by atoms with E-state index in [1.807, 2.05) is 0 Å². The Kier molecular flexibility index (Phi) is 3.60. The molecule has 7 heteroatoms. The molecule has 1 aliphatic heterocycles. The largest absolute Gasteiger partial charge is 0.369 e. The average molecular weight is 274 g/mol. The first-order valence-corrected chi connectivity index (χ1v) is 7.07. The second kappa shape index (κ2) is 5.01. The highest BCUT2D eigenvalue weighted by Crippen LogP contribution is 2.31. The number of halogens is 2. The van der Waals surface area contributed by atoms with Crippen LogP contribution in [0.15, 0.2) is 12.1 Å². The molecule has 0 radical (unpaired) electrons. The summed E-state index contributed by atoms with van der Waals surface area (Å²) < 4.78 is 37.6. The minimum atomic E-state index is -1.04. The molecule has 0 fully saturated rings. The molecule has 0 aliphatic carbocycles. The summed E-state index contributed by atoms with van der Waals surface area (Å²) in [4.78, 5) is 11.7. The van der Waals surface area contributed by atoms with Crippen LogP contribution in [0.3, 0.4) is 0 Å². The van der Waals surface area contributed by atoms with Crippen LogP contribution >= 0.6 is 0 Å². The number of carbonyl (C=O) groups excluding carboxylic acids is 1. The lowest BCUT2D eigenvalue weighted by molar-refractivity contribution is -0.117. The van der Waals surface area contributed by atoms with Crippen molar-refractivity contribution >= 4 is 28.1 Å². The molecule has 0 spiro atoms. The van der Waals surface area contributed by atoms with E-state index >= 15 is 0 Å².